The highest BCUT2D eigenvalue weighted by Crippen LogP contribution is 2.28. The smallest absolute Gasteiger partial charge is 0.162 e. The van der Waals surface area contributed by atoms with Crippen LogP contribution in [0.1, 0.15) is 30.3 Å². The maximum atomic E-state index is 10.1. The standard InChI is InChI=1S/C17H20N2OS/c1-11(2)17-18-13(12-6-3-4-7-15(12)20)10-14(19-17)16-8-5-9-21-16/h3-11,13,17-20H,1-2H3/p+1. The molecule has 2 atom stereocenters. The van der Waals surface area contributed by atoms with Gasteiger partial charge in [-0.2, -0.15) is 0 Å². The molecule has 0 bridgehead atoms. The van der Waals surface area contributed by atoms with Crippen molar-refractivity contribution in [3.8, 4) is 5.75 Å². The molecule has 4 heteroatoms. The fourth-order valence-corrected chi connectivity index (χ4v) is 3.39. The first-order valence-corrected chi connectivity index (χ1v) is 8.18. The van der Waals surface area contributed by atoms with Crippen LogP contribution in [-0.2, 0) is 0 Å². The molecule has 110 valence electrons. The van der Waals surface area contributed by atoms with Gasteiger partial charge in [0.25, 0.3) is 0 Å². The summed E-state index contributed by atoms with van der Waals surface area (Å²) in [6.45, 7) is 4.43. The first-order chi connectivity index (χ1) is 10.1. The number of hydrogen-bond acceptors (Lipinski definition) is 3. The Labute approximate surface area is 129 Å². The normalized spacial score (nSPS) is 22.0. The summed E-state index contributed by atoms with van der Waals surface area (Å²) in [4.78, 5) is 1.24. The molecule has 0 spiro atoms. The quantitative estimate of drug-likeness (QED) is 0.816. The molecule has 2 heterocycles. The average Bonchev–Trinajstić information content (AvgIpc) is 3.01. The summed E-state index contributed by atoms with van der Waals surface area (Å²) in [5, 5.41) is 18.1. The predicted molar refractivity (Wildman–Crippen MR) is 86.8 cm³/mol. The summed E-state index contributed by atoms with van der Waals surface area (Å²) in [5.41, 5.74) is 2.14. The highest BCUT2D eigenvalue weighted by molar-refractivity contribution is 7.11. The summed E-state index contributed by atoms with van der Waals surface area (Å²) in [7, 11) is 0. The first kappa shape index (κ1) is 14.2. The molecule has 1 aliphatic rings. The molecule has 1 aromatic carbocycles. The van der Waals surface area contributed by atoms with Crippen molar-refractivity contribution in [2.24, 2.45) is 5.92 Å². The van der Waals surface area contributed by atoms with Gasteiger partial charge in [-0.25, -0.2) is 0 Å². The molecule has 0 amide bonds. The van der Waals surface area contributed by atoms with Crippen LogP contribution in [0.15, 0.2) is 47.9 Å². The largest absolute Gasteiger partial charge is 0.507 e. The molecule has 0 radical (unpaired) electrons. The lowest BCUT2D eigenvalue weighted by atomic mass is 9.99. The molecule has 1 aliphatic heterocycles. The summed E-state index contributed by atoms with van der Waals surface area (Å²) in [6, 6.07) is 11.9. The Morgan fingerprint density at radius 1 is 1.19 bits per heavy atom. The molecular weight excluding hydrogens is 280 g/mol. The van der Waals surface area contributed by atoms with Crippen LogP contribution in [0.25, 0.3) is 5.70 Å². The predicted octanol–water partition coefficient (Wildman–Crippen LogP) is 2.68. The molecule has 0 saturated heterocycles. The minimum Gasteiger partial charge on any atom is -0.507 e. The molecule has 4 N–H and O–H groups in total. The Bertz CT molecular complexity index is 634. The van der Waals surface area contributed by atoms with E-state index in [2.05, 4.69) is 48.1 Å². The van der Waals surface area contributed by atoms with E-state index in [9.17, 15) is 5.11 Å². The lowest BCUT2D eigenvalue weighted by Crippen LogP contribution is -2.96. The third kappa shape index (κ3) is 2.96. The minimum atomic E-state index is 0.136. The van der Waals surface area contributed by atoms with E-state index in [1.54, 1.807) is 17.4 Å². The van der Waals surface area contributed by atoms with Crippen molar-refractivity contribution in [1.29, 1.82) is 0 Å². The molecule has 3 rings (SSSR count). The highest BCUT2D eigenvalue weighted by Gasteiger charge is 2.29. The average molecular weight is 301 g/mol. The van der Waals surface area contributed by atoms with Gasteiger partial charge in [-0.1, -0.05) is 32.0 Å². The van der Waals surface area contributed by atoms with E-state index in [1.807, 2.05) is 18.2 Å². The van der Waals surface area contributed by atoms with Gasteiger partial charge in [0.2, 0.25) is 0 Å². The van der Waals surface area contributed by atoms with Crippen LogP contribution < -0.4 is 10.6 Å². The van der Waals surface area contributed by atoms with Crippen molar-refractivity contribution in [3.63, 3.8) is 0 Å². The highest BCUT2D eigenvalue weighted by atomic mass is 32.1. The molecule has 2 aromatic rings. The van der Waals surface area contributed by atoms with E-state index in [0.29, 0.717) is 17.8 Å². The number of quaternary nitrogens is 1. The maximum Gasteiger partial charge on any atom is 0.162 e. The fourth-order valence-electron chi connectivity index (χ4n) is 2.67. The zero-order chi connectivity index (χ0) is 14.8. The van der Waals surface area contributed by atoms with Crippen molar-refractivity contribution in [2.75, 3.05) is 0 Å². The third-order valence-electron chi connectivity index (χ3n) is 3.88. The topological polar surface area (TPSA) is 48.9 Å². The molecule has 0 fully saturated rings. The number of nitrogens with two attached hydrogens (primary N) is 1. The van der Waals surface area contributed by atoms with Gasteiger partial charge >= 0.3 is 0 Å². The number of phenols is 1. The first-order valence-electron chi connectivity index (χ1n) is 7.30. The van der Waals surface area contributed by atoms with Gasteiger partial charge in [0.1, 0.15) is 11.8 Å². The summed E-state index contributed by atoms with van der Waals surface area (Å²) in [6.07, 6.45) is 2.51. The van der Waals surface area contributed by atoms with Crippen LogP contribution in [0.4, 0.5) is 0 Å². The Kier molecular flexibility index (Phi) is 3.99. The number of nitrogens with one attached hydrogen (secondary N) is 1. The second-order valence-electron chi connectivity index (χ2n) is 5.75. The van der Waals surface area contributed by atoms with Crippen molar-refractivity contribution in [2.45, 2.75) is 26.1 Å². The Hall–Kier alpha value is -1.78. The zero-order valence-corrected chi connectivity index (χ0v) is 13.1. The number of thiophene rings is 1. The van der Waals surface area contributed by atoms with Crippen molar-refractivity contribution in [3.05, 3.63) is 58.3 Å². The van der Waals surface area contributed by atoms with Crippen LogP contribution in [0, 0.1) is 5.92 Å². The van der Waals surface area contributed by atoms with Gasteiger partial charge in [0, 0.05) is 12.0 Å². The molecule has 0 saturated carbocycles. The third-order valence-corrected chi connectivity index (χ3v) is 4.79. The zero-order valence-electron chi connectivity index (χ0n) is 12.3. The van der Waals surface area contributed by atoms with Crippen molar-refractivity contribution in [1.82, 2.24) is 5.32 Å². The van der Waals surface area contributed by atoms with Crippen LogP contribution in [0.2, 0.25) is 0 Å². The Morgan fingerprint density at radius 3 is 2.67 bits per heavy atom. The molecule has 21 heavy (non-hydrogen) atoms. The van der Waals surface area contributed by atoms with Crippen LogP contribution in [0.3, 0.4) is 0 Å². The van der Waals surface area contributed by atoms with Crippen LogP contribution >= 0.6 is 11.3 Å². The maximum absolute atomic E-state index is 10.1. The van der Waals surface area contributed by atoms with Gasteiger partial charge in [-0.05, 0) is 23.6 Å². The molecule has 1 aromatic heterocycles. The second kappa shape index (κ2) is 5.92. The number of rotatable bonds is 3. The lowest BCUT2D eigenvalue weighted by molar-refractivity contribution is -0.729. The SMILES string of the molecule is CC(C)C1NC(c2cccs2)=CC(c2ccccc2O)[NH2+]1. The van der Waals surface area contributed by atoms with E-state index in [1.165, 1.54) is 10.6 Å². The van der Waals surface area contributed by atoms with Crippen molar-refractivity contribution < 1.29 is 10.4 Å². The number of aromatic hydroxyl groups is 1. The van der Waals surface area contributed by atoms with Crippen LogP contribution in [-0.4, -0.2) is 11.3 Å². The van der Waals surface area contributed by atoms with E-state index in [4.69, 9.17) is 0 Å². The lowest BCUT2D eigenvalue weighted by Gasteiger charge is -2.31. The van der Waals surface area contributed by atoms with Crippen molar-refractivity contribution >= 4 is 17.0 Å². The van der Waals surface area contributed by atoms with Gasteiger partial charge in [-0.3, -0.25) is 0 Å². The molecule has 2 unspecified atom stereocenters. The van der Waals surface area contributed by atoms with E-state index in [-0.39, 0.29) is 6.04 Å². The van der Waals surface area contributed by atoms with Gasteiger partial charge in [0.15, 0.2) is 6.17 Å². The van der Waals surface area contributed by atoms with Gasteiger partial charge < -0.3 is 15.7 Å². The Morgan fingerprint density at radius 2 is 2.00 bits per heavy atom. The van der Waals surface area contributed by atoms with Crippen LogP contribution in [0.5, 0.6) is 5.75 Å². The fraction of sp³-hybridized carbons (Fsp3) is 0.294. The van der Waals surface area contributed by atoms with E-state index < -0.39 is 0 Å². The monoisotopic (exact) mass is 301 g/mol. The molecule has 3 nitrogen and oxygen atoms in total. The van der Waals surface area contributed by atoms with E-state index >= 15 is 0 Å². The molecular formula is C17H21N2OS+. The minimum absolute atomic E-state index is 0.136. The number of benzene rings is 1. The van der Waals surface area contributed by atoms with Gasteiger partial charge in [0.05, 0.1) is 16.1 Å². The Balaban J connectivity index is 1.99. The summed E-state index contributed by atoms with van der Waals surface area (Å²) in [5.74, 6) is 0.868. The second-order valence-corrected chi connectivity index (χ2v) is 6.70. The van der Waals surface area contributed by atoms with E-state index in [0.717, 1.165) is 5.56 Å². The molecule has 0 aliphatic carbocycles. The number of para-hydroxylation sites is 1. The number of hydrogen-bond donors (Lipinski definition) is 3. The summed E-state index contributed by atoms with van der Waals surface area (Å²) < 4.78 is 0. The summed E-state index contributed by atoms with van der Waals surface area (Å²) >= 11 is 1.74. The van der Waals surface area contributed by atoms with Gasteiger partial charge in [-0.15, -0.1) is 11.3 Å². The number of phenolic OH excluding ortho intramolecular Hbond substituents is 1.